The number of anilines is 1. The minimum atomic E-state index is -0.121. The topological polar surface area (TPSA) is 37.4 Å². The maximum Gasteiger partial charge on any atom is 0.238 e. The zero-order chi connectivity index (χ0) is 16.0. The minimum Gasteiger partial charge on any atom is -0.274 e. The molecule has 2 saturated carbocycles. The van der Waals surface area contributed by atoms with Gasteiger partial charge in [-0.15, -0.1) is 0 Å². The fourth-order valence-corrected chi connectivity index (χ4v) is 5.64. The maximum absolute atomic E-state index is 13.1. The molecule has 1 aromatic rings. The summed E-state index contributed by atoms with van der Waals surface area (Å²) in [5.74, 6) is 1.67. The Hall–Kier alpha value is -1.42. The van der Waals surface area contributed by atoms with E-state index in [-0.39, 0.29) is 35.5 Å². The van der Waals surface area contributed by atoms with Crippen molar-refractivity contribution in [2.24, 2.45) is 35.5 Å². The van der Waals surface area contributed by atoms with Crippen LogP contribution in [-0.2, 0) is 9.59 Å². The summed E-state index contributed by atoms with van der Waals surface area (Å²) < 4.78 is 1.01. The van der Waals surface area contributed by atoms with E-state index in [0.717, 1.165) is 21.3 Å². The molecular weight excluding hydrogens is 354 g/mol. The molecule has 3 nitrogen and oxygen atoms in total. The predicted molar refractivity (Wildman–Crippen MR) is 90.8 cm³/mol. The highest BCUT2D eigenvalue weighted by Gasteiger charge is 2.67. The summed E-state index contributed by atoms with van der Waals surface area (Å²) in [7, 11) is 0. The van der Waals surface area contributed by atoms with Gasteiger partial charge in [-0.05, 0) is 67.2 Å². The van der Waals surface area contributed by atoms with Crippen LogP contribution in [0.4, 0.5) is 5.69 Å². The summed E-state index contributed by atoms with van der Waals surface area (Å²) >= 11 is 3.52. The van der Waals surface area contributed by atoms with E-state index in [1.54, 1.807) is 0 Å². The highest BCUT2D eigenvalue weighted by atomic mass is 79.9. The van der Waals surface area contributed by atoms with Crippen LogP contribution in [0, 0.1) is 49.4 Å². The zero-order valence-electron chi connectivity index (χ0n) is 13.1. The molecule has 0 aromatic heterocycles. The molecule has 118 valence electrons. The van der Waals surface area contributed by atoms with Gasteiger partial charge in [-0.3, -0.25) is 9.59 Å². The molecule has 5 aliphatic rings. The van der Waals surface area contributed by atoms with Crippen LogP contribution < -0.4 is 4.90 Å². The number of carbonyl (C=O) groups is 2. The number of amides is 2. The second kappa shape index (κ2) is 4.35. The lowest BCUT2D eigenvalue weighted by molar-refractivity contribution is -0.124. The molecule has 2 amide bonds. The average Bonchev–Trinajstić information content (AvgIpc) is 3.32. The Morgan fingerprint density at radius 3 is 2.09 bits per heavy atom. The first-order chi connectivity index (χ1) is 11.0. The van der Waals surface area contributed by atoms with E-state index in [9.17, 15) is 9.59 Å². The molecule has 23 heavy (non-hydrogen) atoms. The van der Waals surface area contributed by atoms with Gasteiger partial charge in [0.05, 0.1) is 17.5 Å². The van der Waals surface area contributed by atoms with Gasteiger partial charge in [0.1, 0.15) is 0 Å². The van der Waals surface area contributed by atoms with Gasteiger partial charge < -0.3 is 0 Å². The van der Waals surface area contributed by atoms with Crippen molar-refractivity contribution in [3.05, 3.63) is 39.9 Å². The Balaban J connectivity index is 1.61. The fraction of sp³-hybridized carbons (Fsp3) is 0.474. The van der Waals surface area contributed by atoms with Crippen molar-refractivity contribution in [2.45, 2.75) is 20.3 Å². The van der Waals surface area contributed by atoms with Crippen molar-refractivity contribution >= 4 is 33.4 Å². The normalized spacial score (nSPS) is 39.7. The molecule has 6 rings (SSSR count). The molecular formula is C19H18BrNO2. The molecule has 1 heterocycles. The number of imide groups is 1. The number of halogens is 1. The Morgan fingerprint density at radius 2 is 1.52 bits per heavy atom. The van der Waals surface area contributed by atoms with Gasteiger partial charge >= 0.3 is 0 Å². The van der Waals surface area contributed by atoms with Gasteiger partial charge in [-0.2, -0.15) is 0 Å². The standard InChI is InChI=1S/C19H18BrNO2/c1-8-9(2)15(6-5-14(8)20)21-18(22)16-10-3-4-11(13-7-12(10)13)17(16)19(21)23/h3-6,10-13,16-17H,7H2,1-2H3/t10-,11-,12-,13-,16+,17+/m0/s1. The van der Waals surface area contributed by atoms with Crippen LogP contribution in [0.25, 0.3) is 0 Å². The molecule has 1 aliphatic heterocycles. The lowest BCUT2D eigenvalue weighted by Gasteiger charge is -2.37. The number of nitrogens with zero attached hydrogens (tertiary/aromatic N) is 1. The second-order valence-electron chi connectivity index (χ2n) is 7.48. The van der Waals surface area contributed by atoms with Crippen LogP contribution in [-0.4, -0.2) is 11.8 Å². The van der Waals surface area contributed by atoms with E-state index < -0.39 is 0 Å². The van der Waals surface area contributed by atoms with Crippen molar-refractivity contribution in [1.82, 2.24) is 0 Å². The number of hydrogen-bond donors (Lipinski definition) is 0. The SMILES string of the molecule is Cc1c(Br)ccc(N2C(=O)[C@@H]3[C@H]4C=C[C@@H]([C@@H]5C[C@@H]45)[C@H]3C2=O)c1C. The van der Waals surface area contributed by atoms with Gasteiger partial charge in [0.25, 0.3) is 0 Å². The predicted octanol–water partition coefficient (Wildman–Crippen LogP) is 3.62. The third kappa shape index (κ3) is 1.60. The molecule has 6 atom stereocenters. The maximum atomic E-state index is 13.1. The summed E-state index contributed by atoms with van der Waals surface area (Å²) in [5.41, 5.74) is 2.86. The zero-order valence-corrected chi connectivity index (χ0v) is 14.7. The summed E-state index contributed by atoms with van der Waals surface area (Å²) in [6.07, 6.45) is 5.63. The first-order valence-electron chi connectivity index (χ1n) is 8.32. The average molecular weight is 372 g/mol. The summed E-state index contributed by atoms with van der Waals surface area (Å²) in [4.78, 5) is 27.7. The monoisotopic (exact) mass is 371 g/mol. The summed E-state index contributed by atoms with van der Waals surface area (Å²) in [6.45, 7) is 4.00. The van der Waals surface area contributed by atoms with E-state index in [2.05, 4.69) is 28.1 Å². The highest BCUT2D eigenvalue weighted by molar-refractivity contribution is 9.10. The van der Waals surface area contributed by atoms with Crippen LogP contribution in [0.15, 0.2) is 28.8 Å². The Bertz CT molecular complexity index is 763. The van der Waals surface area contributed by atoms with Crippen LogP contribution >= 0.6 is 15.9 Å². The smallest absolute Gasteiger partial charge is 0.238 e. The van der Waals surface area contributed by atoms with Crippen molar-refractivity contribution < 1.29 is 9.59 Å². The van der Waals surface area contributed by atoms with Crippen molar-refractivity contribution in [3.63, 3.8) is 0 Å². The molecule has 3 fully saturated rings. The molecule has 4 heteroatoms. The van der Waals surface area contributed by atoms with Crippen molar-refractivity contribution in [2.75, 3.05) is 4.90 Å². The molecule has 1 aromatic carbocycles. The summed E-state index contributed by atoms with van der Waals surface area (Å²) in [6, 6.07) is 3.83. The van der Waals surface area contributed by atoms with Gasteiger partial charge in [0.2, 0.25) is 11.8 Å². The molecule has 2 bridgehead atoms. The lowest BCUT2D eigenvalue weighted by atomic mass is 9.63. The van der Waals surface area contributed by atoms with E-state index >= 15 is 0 Å². The molecule has 0 N–H and O–H groups in total. The van der Waals surface area contributed by atoms with E-state index in [1.165, 1.54) is 11.3 Å². The quantitative estimate of drug-likeness (QED) is 0.558. The van der Waals surface area contributed by atoms with E-state index in [0.29, 0.717) is 11.8 Å². The Labute approximate surface area is 143 Å². The number of allylic oxidation sites excluding steroid dienone is 2. The molecule has 0 unspecified atom stereocenters. The Morgan fingerprint density at radius 1 is 0.957 bits per heavy atom. The molecule has 4 aliphatic carbocycles. The third-order valence-corrected chi connectivity index (χ3v) is 7.46. The van der Waals surface area contributed by atoms with Crippen molar-refractivity contribution in [1.29, 1.82) is 0 Å². The van der Waals surface area contributed by atoms with Gasteiger partial charge in [-0.1, -0.05) is 28.1 Å². The van der Waals surface area contributed by atoms with Crippen molar-refractivity contribution in [3.8, 4) is 0 Å². The van der Waals surface area contributed by atoms with E-state index in [1.807, 2.05) is 26.0 Å². The lowest BCUT2D eigenvalue weighted by Crippen LogP contribution is -2.40. The van der Waals surface area contributed by atoms with Gasteiger partial charge in [-0.25, -0.2) is 4.90 Å². The first kappa shape index (κ1) is 14.0. The minimum absolute atomic E-state index is 0.0227. The second-order valence-corrected chi connectivity index (χ2v) is 8.34. The largest absolute Gasteiger partial charge is 0.274 e. The Kier molecular flexibility index (Phi) is 2.64. The van der Waals surface area contributed by atoms with Crippen LogP contribution in [0.5, 0.6) is 0 Å². The molecule has 1 saturated heterocycles. The molecule has 0 radical (unpaired) electrons. The van der Waals surface area contributed by atoms with Crippen LogP contribution in [0.1, 0.15) is 17.5 Å². The number of hydrogen-bond acceptors (Lipinski definition) is 2. The highest BCUT2D eigenvalue weighted by Crippen LogP contribution is 2.65. The van der Waals surface area contributed by atoms with E-state index in [4.69, 9.17) is 0 Å². The summed E-state index contributed by atoms with van der Waals surface area (Å²) in [5, 5.41) is 0. The van der Waals surface area contributed by atoms with Crippen LogP contribution in [0.2, 0.25) is 0 Å². The first-order valence-corrected chi connectivity index (χ1v) is 9.12. The number of carbonyl (C=O) groups excluding carboxylic acids is 2. The van der Waals surface area contributed by atoms with Gasteiger partial charge in [0, 0.05) is 4.47 Å². The van der Waals surface area contributed by atoms with Crippen LogP contribution in [0.3, 0.4) is 0 Å². The fourth-order valence-electron chi connectivity index (χ4n) is 5.21. The van der Waals surface area contributed by atoms with Gasteiger partial charge in [0.15, 0.2) is 0 Å². The number of benzene rings is 1. The molecule has 0 spiro atoms. The number of rotatable bonds is 1. The third-order valence-electron chi connectivity index (χ3n) is 6.60.